The quantitative estimate of drug-likeness (QED) is 0.475. The smallest absolute Gasteiger partial charge is 0.225 e. The molecule has 2 heterocycles. The van der Waals surface area contributed by atoms with E-state index in [1.165, 1.54) is 5.56 Å². The highest BCUT2D eigenvalue weighted by atomic mass is 16.1. The molecule has 0 saturated heterocycles. The minimum Gasteiger partial charge on any atom is -0.311 e. The molecule has 0 aliphatic heterocycles. The van der Waals surface area contributed by atoms with Crippen molar-refractivity contribution in [1.29, 1.82) is 0 Å². The van der Waals surface area contributed by atoms with E-state index in [4.69, 9.17) is 0 Å². The lowest BCUT2D eigenvalue weighted by Gasteiger charge is -2.11. The SMILES string of the molecule is CC(C)c1ccc(Cn2nccc2NC(=O)CCc2nnnn2-c2ccccc2)cc1. The molecule has 8 nitrogen and oxygen atoms in total. The number of carbonyl (C=O) groups excluding carboxylic acids is 1. The Morgan fingerprint density at radius 3 is 2.55 bits per heavy atom. The Labute approximate surface area is 180 Å². The molecule has 0 atom stereocenters. The van der Waals surface area contributed by atoms with E-state index in [0.717, 1.165) is 11.3 Å². The number of amides is 1. The summed E-state index contributed by atoms with van der Waals surface area (Å²) in [6, 6.07) is 19.9. The highest BCUT2D eigenvalue weighted by Crippen LogP contribution is 2.17. The lowest BCUT2D eigenvalue weighted by atomic mass is 10.0. The lowest BCUT2D eigenvalue weighted by Crippen LogP contribution is -2.17. The molecule has 0 aliphatic carbocycles. The van der Waals surface area contributed by atoms with Crippen LogP contribution < -0.4 is 5.32 Å². The molecule has 4 rings (SSSR count). The molecular weight excluding hydrogens is 390 g/mol. The van der Waals surface area contributed by atoms with Crippen LogP contribution in [0.1, 0.15) is 43.1 Å². The predicted octanol–water partition coefficient (Wildman–Crippen LogP) is 3.60. The van der Waals surface area contributed by atoms with Gasteiger partial charge < -0.3 is 5.32 Å². The molecule has 2 aromatic heterocycles. The third kappa shape index (κ3) is 5.03. The van der Waals surface area contributed by atoms with Crippen molar-refractivity contribution < 1.29 is 4.79 Å². The number of nitrogens with one attached hydrogen (secondary N) is 1. The summed E-state index contributed by atoms with van der Waals surface area (Å²) in [7, 11) is 0. The number of aromatic nitrogens is 6. The van der Waals surface area contributed by atoms with Crippen molar-refractivity contribution in [2.75, 3.05) is 5.32 Å². The third-order valence-electron chi connectivity index (χ3n) is 5.07. The van der Waals surface area contributed by atoms with E-state index >= 15 is 0 Å². The van der Waals surface area contributed by atoms with Gasteiger partial charge in [-0.05, 0) is 39.6 Å². The Morgan fingerprint density at radius 1 is 1.03 bits per heavy atom. The maximum Gasteiger partial charge on any atom is 0.225 e. The fraction of sp³-hybridized carbons (Fsp3) is 0.261. The van der Waals surface area contributed by atoms with Gasteiger partial charge in [0.25, 0.3) is 0 Å². The van der Waals surface area contributed by atoms with Crippen LogP contribution in [-0.4, -0.2) is 35.9 Å². The van der Waals surface area contributed by atoms with Gasteiger partial charge >= 0.3 is 0 Å². The van der Waals surface area contributed by atoms with Crippen molar-refractivity contribution >= 4 is 11.7 Å². The lowest BCUT2D eigenvalue weighted by molar-refractivity contribution is -0.116. The number of carbonyl (C=O) groups is 1. The monoisotopic (exact) mass is 415 g/mol. The Balaban J connectivity index is 1.36. The van der Waals surface area contributed by atoms with Crippen LogP contribution in [0.4, 0.5) is 5.82 Å². The van der Waals surface area contributed by atoms with Crippen molar-refractivity contribution in [2.45, 2.75) is 39.2 Å². The summed E-state index contributed by atoms with van der Waals surface area (Å²) < 4.78 is 3.44. The Kier molecular flexibility index (Phi) is 6.16. The summed E-state index contributed by atoms with van der Waals surface area (Å²) in [6.45, 7) is 4.94. The second kappa shape index (κ2) is 9.34. The molecule has 158 valence electrons. The van der Waals surface area contributed by atoms with Gasteiger partial charge in [0, 0.05) is 18.9 Å². The van der Waals surface area contributed by atoms with Gasteiger partial charge in [0.1, 0.15) is 5.82 Å². The van der Waals surface area contributed by atoms with Gasteiger partial charge in [-0.15, -0.1) is 5.10 Å². The summed E-state index contributed by atoms with van der Waals surface area (Å²) in [6.07, 6.45) is 2.38. The van der Waals surface area contributed by atoms with Gasteiger partial charge in [-0.25, -0.2) is 4.68 Å². The van der Waals surface area contributed by atoms with E-state index in [0.29, 0.717) is 30.5 Å². The van der Waals surface area contributed by atoms with Crippen molar-refractivity contribution in [3.8, 4) is 5.69 Å². The molecule has 1 amide bonds. The second-order valence-electron chi connectivity index (χ2n) is 7.66. The average molecular weight is 416 g/mol. The molecule has 0 spiro atoms. The van der Waals surface area contributed by atoms with Gasteiger partial charge in [0.2, 0.25) is 5.91 Å². The highest BCUT2D eigenvalue weighted by Gasteiger charge is 2.12. The van der Waals surface area contributed by atoms with E-state index < -0.39 is 0 Å². The molecule has 0 unspecified atom stereocenters. The number of hydrogen-bond acceptors (Lipinski definition) is 5. The summed E-state index contributed by atoms with van der Waals surface area (Å²) >= 11 is 0. The van der Waals surface area contributed by atoms with Crippen LogP contribution in [0.2, 0.25) is 0 Å². The standard InChI is InChI=1S/C23H25N7O/c1-17(2)19-10-8-18(9-11-19)16-29-21(14-15-24-29)25-23(31)13-12-22-26-27-28-30(22)20-6-4-3-5-7-20/h3-11,14-15,17H,12-13,16H2,1-2H3,(H,25,31). The van der Waals surface area contributed by atoms with Crippen molar-refractivity contribution in [3.05, 3.63) is 83.8 Å². The average Bonchev–Trinajstić information content (AvgIpc) is 3.43. The first kappa shape index (κ1) is 20.5. The minimum atomic E-state index is -0.112. The largest absolute Gasteiger partial charge is 0.311 e. The number of para-hydroxylation sites is 1. The van der Waals surface area contributed by atoms with Crippen LogP contribution in [0, 0.1) is 0 Å². The number of benzene rings is 2. The summed E-state index contributed by atoms with van der Waals surface area (Å²) in [5.41, 5.74) is 3.30. The van der Waals surface area contributed by atoms with E-state index in [9.17, 15) is 4.79 Å². The number of hydrogen-bond donors (Lipinski definition) is 1. The summed E-state index contributed by atoms with van der Waals surface area (Å²) in [5.74, 6) is 1.69. The fourth-order valence-corrected chi connectivity index (χ4v) is 3.31. The minimum absolute atomic E-state index is 0.112. The number of anilines is 1. The van der Waals surface area contributed by atoms with Gasteiger partial charge in [0.15, 0.2) is 5.82 Å². The third-order valence-corrected chi connectivity index (χ3v) is 5.07. The first-order valence-corrected chi connectivity index (χ1v) is 10.3. The first-order valence-electron chi connectivity index (χ1n) is 10.3. The fourth-order valence-electron chi connectivity index (χ4n) is 3.31. The number of tetrazole rings is 1. The number of nitrogens with zero attached hydrogens (tertiary/aromatic N) is 6. The van der Waals surface area contributed by atoms with Crippen LogP contribution in [0.15, 0.2) is 66.9 Å². The molecule has 2 aromatic carbocycles. The number of rotatable bonds is 8. The Hall–Kier alpha value is -3.81. The zero-order valence-electron chi connectivity index (χ0n) is 17.6. The van der Waals surface area contributed by atoms with Gasteiger partial charge in [0.05, 0.1) is 18.4 Å². The van der Waals surface area contributed by atoms with Crippen LogP contribution in [0.3, 0.4) is 0 Å². The van der Waals surface area contributed by atoms with E-state index in [-0.39, 0.29) is 12.3 Å². The summed E-state index contributed by atoms with van der Waals surface area (Å²) in [4.78, 5) is 12.5. The first-order chi connectivity index (χ1) is 15.1. The predicted molar refractivity (Wildman–Crippen MR) is 118 cm³/mol. The normalized spacial score (nSPS) is 11.1. The van der Waals surface area contributed by atoms with Crippen LogP contribution in [0.5, 0.6) is 0 Å². The van der Waals surface area contributed by atoms with Crippen LogP contribution in [-0.2, 0) is 17.8 Å². The second-order valence-corrected chi connectivity index (χ2v) is 7.66. The molecule has 4 aromatic rings. The molecule has 0 saturated carbocycles. The molecule has 0 radical (unpaired) electrons. The van der Waals surface area contributed by atoms with Gasteiger partial charge in [-0.1, -0.05) is 56.3 Å². The Morgan fingerprint density at radius 2 is 1.81 bits per heavy atom. The van der Waals surface area contributed by atoms with Crippen LogP contribution >= 0.6 is 0 Å². The van der Waals surface area contributed by atoms with Gasteiger partial charge in [-0.2, -0.15) is 9.78 Å². The molecule has 0 bridgehead atoms. The Bertz CT molecular complexity index is 1130. The van der Waals surface area contributed by atoms with Crippen molar-refractivity contribution in [1.82, 2.24) is 30.0 Å². The number of aryl methyl sites for hydroxylation is 1. The topological polar surface area (TPSA) is 90.5 Å². The zero-order valence-corrected chi connectivity index (χ0v) is 17.6. The molecule has 0 fully saturated rings. The van der Waals surface area contributed by atoms with E-state index in [2.05, 4.69) is 64.1 Å². The molecule has 8 heteroatoms. The van der Waals surface area contributed by atoms with E-state index in [1.807, 2.05) is 30.3 Å². The van der Waals surface area contributed by atoms with Crippen molar-refractivity contribution in [2.24, 2.45) is 0 Å². The van der Waals surface area contributed by atoms with E-state index in [1.54, 1.807) is 21.6 Å². The molecular formula is C23H25N7O. The van der Waals surface area contributed by atoms with Gasteiger partial charge in [-0.3, -0.25) is 4.79 Å². The summed E-state index contributed by atoms with van der Waals surface area (Å²) in [5, 5.41) is 19.1. The molecule has 1 N–H and O–H groups in total. The highest BCUT2D eigenvalue weighted by molar-refractivity contribution is 5.89. The zero-order chi connectivity index (χ0) is 21.6. The molecule has 0 aliphatic rings. The molecule has 31 heavy (non-hydrogen) atoms. The maximum atomic E-state index is 12.5. The maximum absolute atomic E-state index is 12.5. The van der Waals surface area contributed by atoms with Crippen LogP contribution in [0.25, 0.3) is 5.69 Å². The van der Waals surface area contributed by atoms with Crippen molar-refractivity contribution in [3.63, 3.8) is 0 Å².